The molecule has 24 heavy (non-hydrogen) atoms. The Morgan fingerprint density at radius 3 is 2.29 bits per heavy atom. The van der Waals surface area contributed by atoms with Crippen molar-refractivity contribution in [1.29, 1.82) is 0 Å². The van der Waals surface area contributed by atoms with Gasteiger partial charge >= 0.3 is 0 Å². The van der Waals surface area contributed by atoms with Crippen LogP contribution in [0.1, 0.15) is 60.3 Å². The summed E-state index contributed by atoms with van der Waals surface area (Å²) in [5, 5.41) is 3.29. The highest BCUT2D eigenvalue weighted by atomic mass is 32.2. The molecule has 0 amide bonds. The molecule has 0 saturated heterocycles. The largest absolute Gasteiger partial charge is 0.357 e. The predicted molar refractivity (Wildman–Crippen MR) is 103 cm³/mol. The smallest absolute Gasteiger partial charge is 0.193 e. The quantitative estimate of drug-likeness (QED) is 0.585. The molecule has 1 rings (SSSR count). The van der Waals surface area contributed by atoms with E-state index >= 15 is 0 Å². The minimum absolute atomic E-state index is 0.0974. The number of sulfone groups is 1. The zero-order chi connectivity index (χ0) is 18.4. The van der Waals surface area contributed by atoms with Crippen molar-refractivity contribution < 1.29 is 8.42 Å². The van der Waals surface area contributed by atoms with E-state index in [0.29, 0.717) is 12.5 Å². The van der Waals surface area contributed by atoms with E-state index in [9.17, 15) is 8.42 Å². The maximum atomic E-state index is 12.2. The van der Waals surface area contributed by atoms with Crippen molar-refractivity contribution in [2.24, 2.45) is 16.8 Å². The molecule has 0 aromatic heterocycles. The molecule has 1 saturated carbocycles. The lowest BCUT2D eigenvalue weighted by molar-refractivity contribution is 0.250. The van der Waals surface area contributed by atoms with Gasteiger partial charge in [0.2, 0.25) is 0 Å². The molecular formula is C18H37N3O2S. The lowest BCUT2D eigenvalue weighted by atomic mass is 9.83. The van der Waals surface area contributed by atoms with Crippen LogP contribution in [0.5, 0.6) is 0 Å². The van der Waals surface area contributed by atoms with Crippen LogP contribution in [0, 0.1) is 11.8 Å². The van der Waals surface area contributed by atoms with Crippen molar-refractivity contribution >= 4 is 15.8 Å². The Morgan fingerprint density at radius 2 is 1.79 bits per heavy atom. The molecule has 0 unspecified atom stereocenters. The van der Waals surface area contributed by atoms with Crippen molar-refractivity contribution in [3.8, 4) is 0 Å². The van der Waals surface area contributed by atoms with Crippen LogP contribution in [-0.2, 0) is 9.84 Å². The number of rotatable bonds is 6. The Bertz CT molecular complexity index is 501. The first kappa shape index (κ1) is 21.3. The summed E-state index contributed by atoms with van der Waals surface area (Å²) < 4.78 is 23.7. The molecule has 0 aliphatic heterocycles. The first-order chi connectivity index (χ1) is 11.1. The number of aliphatic imine (C=N–C) groups is 1. The van der Waals surface area contributed by atoms with E-state index in [4.69, 9.17) is 0 Å². The van der Waals surface area contributed by atoms with Gasteiger partial charge < -0.3 is 10.2 Å². The van der Waals surface area contributed by atoms with Crippen molar-refractivity contribution in [2.45, 2.75) is 65.0 Å². The summed E-state index contributed by atoms with van der Waals surface area (Å²) in [6.45, 7) is 11.7. The topological polar surface area (TPSA) is 61.8 Å². The van der Waals surface area contributed by atoms with Crippen LogP contribution in [0.15, 0.2) is 4.99 Å². The molecule has 6 heteroatoms. The fourth-order valence-corrected chi connectivity index (χ4v) is 3.98. The number of hydrogen-bond donors (Lipinski definition) is 1. The minimum Gasteiger partial charge on any atom is -0.357 e. The lowest BCUT2D eigenvalue weighted by Gasteiger charge is -2.31. The normalized spacial score (nSPS) is 23.2. The Labute approximate surface area is 149 Å². The summed E-state index contributed by atoms with van der Waals surface area (Å²) in [6, 6.07) is 0. The van der Waals surface area contributed by atoms with Crippen LogP contribution in [0.4, 0.5) is 0 Å². The van der Waals surface area contributed by atoms with Gasteiger partial charge in [-0.05, 0) is 52.4 Å². The summed E-state index contributed by atoms with van der Waals surface area (Å²) in [4.78, 5) is 6.71. The third-order valence-electron chi connectivity index (χ3n) is 4.92. The van der Waals surface area contributed by atoms with Crippen molar-refractivity contribution in [1.82, 2.24) is 10.2 Å². The molecule has 1 aliphatic carbocycles. The number of nitrogens with zero attached hydrogens (tertiary/aromatic N) is 2. The average Bonchev–Trinajstić information content (AvgIpc) is 2.47. The second-order valence-corrected chi connectivity index (χ2v) is 11.0. The summed E-state index contributed by atoms with van der Waals surface area (Å²) in [5.74, 6) is 2.49. The first-order valence-corrected chi connectivity index (χ1v) is 10.9. The zero-order valence-corrected chi connectivity index (χ0v) is 17.2. The van der Waals surface area contributed by atoms with Gasteiger partial charge in [-0.1, -0.05) is 19.8 Å². The molecule has 1 aliphatic rings. The molecule has 0 radical (unpaired) electrons. The van der Waals surface area contributed by atoms with Gasteiger partial charge in [-0.15, -0.1) is 0 Å². The molecule has 0 bridgehead atoms. The van der Waals surface area contributed by atoms with Crippen molar-refractivity contribution in [3.05, 3.63) is 0 Å². The second-order valence-electron chi connectivity index (χ2n) is 8.17. The standard InChI is InChI=1S/C18H37N3O2S/c1-7-19-17(20-12-13-24(22,23)18(3,4)5)21(6)14-16-10-8-15(2)9-11-16/h15-16H,7-14H2,1-6H3,(H,19,20). The van der Waals surface area contributed by atoms with Gasteiger partial charge in [0.1, 0.15) is 0 Å². The van der Waals surface area contributed by atoms with E-state index in [1.807, 2.05) is 6.92 Å². The molecule has 0 aromatic rings. The van der Waals surface area contributed by atoms with E-state index in [-0.39, 0.29) is 5.75 Å². The van der Waals surface area contributed by atoms with E-state index in [1.54, 1.807) is 20.8 Å². The highest BCUT2D eigenvalue weighted by Gasteiger charge is 2.28. The number of hydrogen-bond acceptors (Lipinski definition) is 3. The lowest BCUT2D eigenvalue weighted by Crippen LogP contribution is -2.42. The van der Waals surface area contributed by atoms with Crippen LogP contribution < -0.4 is 5.32 Å². The van der Waals surface area contributed by atoms with Gasteiger partial charge in [0.05, 0.1) is 17.0 Å². The van der Waals surface area contributed by atoms with Gasteiger partial charge in [-0.3, -0.25) is 4.99 Å². The monoisotopic (exact) mass is 359 g/mol. The van der Waals surface area contributed by atoms with Gasteiger partial charge in [-0.2, -0.15) is 0 Å². The van der Waals surface area contributed by atoms with E-state index in [1.165, 1.54) is 25.7 Å². The molecule has 0 aromatic carbocycles. The average molecular weight is 360 g/mol. The highest BCUT2D eigenvalue weighted by molar-refractivity contribution is 7.92. The number of nitrogens with one attached hydrogen (secondary N) is 1. The minimum atomic E-state index is -3.12. The molecule has 0 heterocycles. The fraction of sp³-hybridized carbons (Fsp3) is 0.944. The molecule has 142 valence electrons. The SMILES string of the molecule is CCNC(=NCCS(=O)(=O)C(C)(C)C)N(C)CC1CCC(C)CC1. The summed E-state index contributed by atoms with van der Waals surface area (Å²) in [5.41, 5.74) is 0. The fourth-order valence-electron chi connectivity index (χ4n) is 3.03. The second kappa shape index (κ2) is 9.07. The Balaban J connectivity index is 2.61. The van der Waals surface area contributed by atoms with Crippen LogP contribution >= 0.6 is 0 Å². The van der Waals surface area contributed by atoms with Crippen molar-refractivity contribution in [2.75, 3.05) is 32.4 Å². The van der Waals surface area contributed by atoms with E-state index in [2.05, 4.69) is 29.2 Å². The Hall–Kier alpha value is -0.780. The van der Waals surface area contributed by atoms with Gasteiger partial charge in [0.15, 0.2) is 15.8 Å². The van der Waals surface area contributed by atoms with Crippen LogP contribution in [-0.4, -0.2) is 56.5 Å². The zero-order valence-electron chi connectivity index (χ0n) is 16.4. The molecular weight excluding hydrogens is 322 g/mol. The third-order valence-corrected chi connectivity index (χ3v) is 7.50. The molecule has 0 spiro atoms. The Morgan fingerprint density at radius 1 is 1.21 bits per heavy atom. The van der Waals surface area contributed by atoms with E-state index in [0.717, 1.165) is 25.0 Å². The maximum absolute atomic E-state index is 12.2. The molecule has 1 N–H and O–H groups in total. The molecule has 5 nitrogen and oxygen atoms in total. The molecule has 1 fully saturated rings. The summed E-state index contributed by atoms with van der Waals surface area (Å²) >= 11 is 0. The van der Waals surface area contributed by atoms with Crippen molar-refractivity contribution in [3.63, 3.8) is 0 Å². The summed E-state index contributed by atoms with van der Waals surface area (Å²) in [6.07, 6.45) is 5.19. The van der Waals surface area contributed by atoms with Crippen LogP contribution in [0.3, 0.4) is 0 Å². The number of guanidine groups is 1. The van der Waals surface area contributed by atoms with Crippen LogP contribution in [0.2, 0.25) is 0 Å². The van der Waals surface area contributed by atoms with Crippen LogP contribution in [0.25, 0.3) is 0 Å². The highest BCUT2D eigenvalue weighted by Crippen LogP contribution is 2.28. The summed E-state index contributed by atoms with van der Waals surface area (Å²) in [7, 11) is -1.07. The first-order valence-electron chi connectivity index (χ1n) is 9.28. The maximum Gasteiger partial charge on any atom is 0.193 e. The third kappa shape index (κ3) is 6.61. The van der Waals surface area contributed by atoms with E-state index < -0.39 is 14.6 Å². The van der Waals surface area contributed by atoms with Gasteiger partial charge in [0.25, 0.3) is 0 Å². The predicted octanol–water partition coefficient (Wildman–Crippen LogP) is 2.92. The van der Waals surface area contributed by atoms with Gasteiger partial charge in [0, 0.05) is 20.1 Å². The Kier molecular flexibility index (Phi) is 8.03. The molecule has 0 atom stereocenters. The van der Waals surface area contributed by atoms with Gasteiger partial charge in [-0.25, -0.2) is 8.42 Å².